The van der Waals surface area contributed by atoms with E-state index in [4.69, 9.17) is 11.6 Å². The van der Waals surface area contributed by atoms with Gasteiger partial charge in [0.25, 0.3) is 0 Å². The Balaban J connectivity index is 1.77. The summed E-state index contributed by atoms with van der Waals surface area (Å²) in [5.74, 6) is -0.152. The average molecular weight is 413 g/mol. The molecule has 3 rings (SSSR count). The third-order valence-corrected chi connectivity index (χ3v) is 5.78. The number of halogens is 1. The van der Waals surface area contributed by atoms with E-state index in [-0.39, 0.29) is 24.3 Å². The number of nitrogens with one attached hydrogen (secondary N) is 1. The van der Waals surface area contributed by atoms with E-state index in [0.29, 0.717) is 11.6 Å². The number of hydrogen-bond acceptors (Lipinski definition) is 2. The highest BCUT2D eigenvalue weighted by Gasteiger charge is 2.28. The van der Waals surface area contributed by atoms with Crippen LogP contribution in [0.1, 0.15) is 49.3 Å². The van der Waals surface area contributed by atoms with Gasteiger partial charge in [-0.2, -0.15) is 0 Å². The molecule has 0 aliphatic heterocycles. The van der Waals surface area contributed by atoms with Crippen molar-refractivity contribution in [3.05, 3.63) is 70.2 Å². The zero-order chi connectivity index (χ0) is 20.8. The number of amides is 2. The van der Waals surface area contributed by atoms with Gasteiger partial charge < -0.3 is 10.2 Å². The number of rotatable bonds is 7. The van der Waals surface area contributed by atoms with E-state index in [0.717, 1.165) is 42.4 Å². The van der Waals surface area contributed by atoms with Gasteiger partial charge in [-0.1, -0.05) is 66.4 Å². The highest BCUT2D eigenvalue weighted by atomic mass is 35.5. The van der Waals surface area contributed by atoms with E-state index in [1.165, 1.54) is 0 Å². The summed E-state index contributed by atoms with van der Waals surface area (Å²) in [5, 5.41) is 3.75. The first kappa shape index (κ1) is 21.4. The predicted molar refractivity (Wildman–Crippen MR) is 117 cm³/mol. The molecule has 1 atom stereocenters. The molecule has 0 aromatic heterocycles. The molecule has 0 saturated heterocycles. The largest absolute Gasteiger partial charge is 0.352 e. The second-order valence-electron chi connectivity index (χ2n) is 7.98. The summed E-state index contributed by atoms with van der Waals surface area (Å²) in [6.07, 6.45) is 4.60. The van der Waals surface area contributed by atoms with Crippen LogP contribution in [0.15, 0.2) is 48.5 Å². The standard InChI is InChI=1S/C24H29ClN2O2/c1-17-7-5-8-19(13-17)15-23(28)27(16-20-9-6-10-21(25)14-20)18(2)24(29)26-22-11-3-4-12-22/h5-10,13-14,18,22H,3-4,11-12,15-16H2,1-2H3,(H,26,29). The van der Waals surface area contributed by atoms with Crippen LogP contribution in [0.4, 0.5) is 0 Å². The Morgan fingerprint density at radius 2 is 1.79 bits per heavy atom. The SMILES string of the molecule is Cc1cccc(CC(=O)N(Cc2cccc(Cl)c2)C(C)C(=O)NC2CCCC2)c1. The number of carbonyl (C=O) groups excluding carboxylic acids is 2. The van der Waals surface area contributed by atoms with E-state index in [1.54, 1.807) is 11.0 Å². The second kappa shape index (κ2) is 9.93. The van der Waals surface area contributed by atoms with E-state index >= 15 is 0 Å². The van der Waals surface area contributed by atoms with E-state index in [1.807, 2.05) is 56.3 Å². The van der Waals surface area contributed by atoms with Gasteiger partial charge in [0.1, 0.15) is 6.04 Å². The van der Waals surface area contributed by atoms with Crippen LogP contribution in [-0.2, 0) is 22.6 Å². The molecule has 1 aliphatic rings. The van der Waals surface area contributed by atoms with Crippen LogP contribution in [0.5, 0.6) is 0 Å². The van der Waals surface area contributed by atoms with Crippen LogP contribution < -0.4 is 5.32 Å². The molecule has 0 heterocycles. The molecular formula is C24H29ClN2O2. The monoisotopic (exact) mass is 412 g/mol. The summed E-state index contributed by atoms with van der Waals surface area (Å²) < 4.78 is 0. The normalized spacial score (nSPS) is 15.1. The Bertz CT molecular complexity index is 861. The summed E-state index contributed by atoms with van der Waals surface area (Å²) >= 11 is 6.13. The summed E-state index contributed by atoms with van der Waals surface area (Å²) in [5.41, 5.74) is 2.98. The van der Waals surface area contributed by atoms with Crippen molar-refractivity contribution in [1.82, 2.24) is 10.2 Å². The molecular weight excluding hydrogens is 384 g/mol. The Morgan fingerprint density at radius 3 is 2.48 bits per heavy atom. The molecule has 4 nitrogen and oxygen atoms in total. The smallest absolute Gasteiger partial charge is 0.242 e. The van der Waals surface area contributed by atoms with Crippen LogP contribution in [0.2, 0.25) is 5.02 Å². The van der Waals surface area contributed by atoms with Crippen LogP contribution in [0.3, 0.4) is 0 Å². The first-order chi connectivity index (χ1) is 13.9. The van der Waals surface area contributed by atoms with E-state index in [2.05, 4.69) is 5.32 Å². The van der Waals surface area contributed by atoms with Gasteiger partial charge in [-0.3, -0.25) is 9.59 Å². The Hall–Kier alpha value is -2.33. The molecule has 1 unspecified atom stereocenters. The van der Waals surface area contributed by atoms with Gasteiger partial charge in [0.05, 0.1) is 6.42 Å². The topological polar surface area (TPSA) is 49.4 Å². The lowest BCUT2D eigenvalue weighted by molar-refractivity contribution is -0.140. The van der Waals surface area contributed by atoms with Gasteiger partial charge in [0, 0.05) is 17.6 Å². The molecule has 1 aliphatic carbocycles. The van der Waals surface area contributed by atoms with Gasteiger partial charge >= 0.3 is 0 Å². The lowest BCUT2D eigenvalue weighted by atomic mass is 10.1. The number of hydrogen-bond donors (Lipinski definition) is 1. The molecule has 154 valence electrons. The molecule has 5 heteroatoms. The summed E-state index contributed by atoms with van der Waals surface area (Å²) in [6.45, 7) is 4.17. The molecule has 0 radical (unpaired) electrons. The number of carbonyl (C=O) groups is 2. The minimum absolute atomic E-state index is 0.0651. The number of aryl methyl sites for hydroxylation is 1. The third kappa shape index (κ3) is 6.07. The van der Waals surface area contributed by atoms with Crippen LogP contribution in [0.25, 0.3) is 0 Å². The highest BCUT2D eigenvalue weighted by molar-refractivity contribution is 6.30. The van der Waals surface area contributed by atoms with Crippen molar-refractivity contribution < 1.29 is 9.59 Å². The molecule has 29 heavy (non-hydrogen) atoms. The molecule has 2 amide bonds. The van der Waals surface area contributed by atoms with Gasteiger partial charge in [0.2, 0.25) is 11.8 Å². The van der Waals surface area contributed by atoms with Crippen molar-refractivity contribution >= 4 is 23.4 Å². The average Bonchev–Trinajstić information content (AvgIpc) is 3.18. The van der Waals surface area contributed by atoms with Crippen LogP contribution >= 0.6 is 11.6 Å². The van der Waals surface area contributed by atoms with E-state index in [9.17, 15) is 9.59 Å². The van der Waals surface area contributed by atoms with Crippen LogP contribution in [-0.4, -0.2) is 28.8 Å². The maximum Gasteiger partial charge on any atom is 0.242 e. The fraction of sp³-hybridized carbons (Fsp3) is 0.417. The lowest BCUT2D eigenvalue weighted by Gasteiger charge is -2.30. The first-order valence-corrected chi connectivity index (χ1v) is 10.7. The van der Waals surface area contributed by atoms with Crippen molar-refractivity contribution in [3.8, 4) is 0 Å². The summed E-state index contributed by atoms with van der Waals surface area (Å²) in [7, 11) is 0. The zero-order valence-electron chi connectivity index (χ0n) is 17.2. The fourth-order valence-corrected chi connectivity index (χ4v) is 4.12. The predicted octanol–water partition coefficient (Wildman–Crippen LogP) is 4.67. The van der Waals surface area contributed by atoms with Gasteiger partial charge in [-0.25, -0.2) is 0 Å². The van der Waals surface area contributed by atoms with E-state index < -0.39 is 6.04 Å². The summed E-state index contributed by atoms with van der Waals surface area (Å²) in [4.78, 5) is 27.8. The number of nitrogens with zero attached hydrogens (tertiary/aromatic N) is 1. The number of benzene rings is 2. The highest BCUT2D eigenvalue weighted by Crippen LogP contribution is 2.19. The summed E-state index contributed by atoms with van der Waals surface area (Å²) in [6, 6.07) is 15.0. The maximum absolute atomic E-state index is 13.2. The molecule has 1 fully saturated rings. The molecule has 2 aromatic carbocycles. The van der Waals surface area contributed by atoms with Crippen molar-refractivity contribution in [2.45, 2.75) is 64.6 Å². The Kier molecular flexibility index (Phi) is 7.32. The Labute approximate surface area is 178 Å². The Morgan fingerprint density at radius 1 is 1.10 bits per heavy atom. The minimum atomic E-state index is -0.549. The molecule has 1 saturated carbocycles. The fourth-order valence-electron chi connectivity index (χ4n) is 3.90. The van der Waals surface area contributed by atoms with Gasteiger partial charge in [-0.15, -0.1) is 0 Å². The van der Waals surface area contributed by atoms with Gasteiger partial charge in [0.15, 0.2) is 0 Å². The van der Waals surface area contributed by atoms with Crippen LogP contribution in [0, 0.1) is 6.92 Å². The molecule has 0 bridgehead atoms. The third-order valence-electron chi connectivity index (χ3n) is 5.55. The lowest BCUT2D eigenvalue weighted by Crippen LogP contribution is -2.50. The minimum Gasteiger partial charge on any atom is -0.352 e. The van der Waals surface area contributed by atoms with Crippen molar-refractivity contribution in [3.63, 3.8) is 0 Å². The molecule has 2 aromatic rings. The van der Waals surface area contributed by atoms with Crippen molar-refractivity contribution in [1.29, 1.82) is 0 Å². The van der Waals surface area contributed by atoms with Gasteiger partial charge in [-0.05, 0) is 49.9 Å². The maximum atomic E-state index is 13.2. The molecule has 1 N–H and O–H groups in total. The van der Waals surface area contributed by atoms with Crippen molar-refractivity contribution in [2.24, 2.45) is 0 Å². The quantitative estimate of drug-likeness (QED) is 0.718. The first-order valence-electron chi connectivity index (χ1n) is 10.3. The van der Waals surface area contributed by atoms with Crippen molar-refractivity contribution in [2.75, 3.05) is 0 Å². The zero-order valence-corrected chi connectivity index (χ0v) is 17.9. The molecule has 0 spiro atoms. The second-order valence-corrected chi connectivity index (χ2v) is 8.42.